The molecule has 0 radical (unpaired) electrons. The van der Waals surface area contributed by atoms with Crippen LogP contribution >= 0.6 is 11.6 Å². The van der Waals surface area contributed by atoms with Gasteiger partial charge in [-0.15, -0.1) is 11.6 Å². The number of benzene rings is 1. The molecule has 0 bridgehead atoms. The molecule has 1 fully saturated rings. The molecule has 4 nitrogen and oxygen atoms in total. The minimum Gasteiger partial charge on any atom is -0.484 e. The Hall–Kier alpha value is -1.26. The van der Waals surface area contributed by atoms with Crippen molar-refractivity contribution in [2.75, 3.05) is 32.2 Å². The molecule has 1 aliphatic heterocycles. The maximum Gasteiger partial charge on any atom is 0.260 e. The summed E-state index contributed by atoms with van der Waals surface area (Å²) in [5.41, 5.74) is 0. The maximum absolute atomic E-state index is 11.9. The van der Waals surface area contributed by atoms with Crippen LogP contribution in [0.25, 0.3) is 0 Å². The number of ether oxygens (including phenoxy) is 2. The van der Waals surface area contributed by atoms with E-state index in [4.69, 9.17) is 21.1 Å². The number of alkyl halides is 1. The van der Waals surface area contributed by atoms with Crippen molar-refractivity contribution in [3.63, 3.8) is 0 Å². The molecule has 1 heterocycles. The molecule has 1 atom stereocenters. The van der Waals surface area contributed by atoms with Crippen molar-refractivity contribution >= 4 is 17.5 Å². The molecule has 1 unspecified atom stereocenters. The Kier molecular flexibility index (Phi) is 4.84. The van der Waals surface area contributed by atoms with Gasteiger partial charge in [0.25, 0.3) is 5.91 Å². The third kappa shape index (κ3) is 3.62. The Labute approximate surface area is 111 Å². The minimum atomic E-state index is -0.0684. The van der Waals surface area contributed by atoms with Crippen molar-refractivity contribution in [1.82, 2.24) is 4.90 Å². The second kappa shape index (κ2) is 6.61. The molecule has 0 aromatic heterocycles. The Bertz CT molecular complexity index is 385. The zero-order chi connectivity index (χ0) is 12.8. The summed E-state index contributed by atoms with van der Waals surface area (Å²) in [6.45, 7) is 1.73. The summed E-state index contributed by atoms with van der Waals surface area (Å²) in [7, 11) is 0. The third-order valence-corrected chi connectivity index (χ3v) is 3.11. The van der Waals surface area contributed by atoms with Crippen molar-refractivity contribution in [2.45, 2.75) is 6.10 Å². The zero-order valence-corrected chi connectivity index (χ0v) is 10.8. The lowest BCUT2D eigenvalue weighted by atomic mass is 10.3. The number of nitrogens with zero attached hydrogens (tertiary/aromatic N) is 1. The van der Waals surface area contributed by atoms with E-state index in [0.29, 0.717) is 31.3 Å². The smallest absolute Gasteiger partial charge is 0.260 e. The fourth-order valence-corrected chi connectivity index (χ4v) is 1.98. The number of amides is 1. The highest BCUT2D eigenvalue weighted by atomic mass is 35.5. The normalized spacial score (nSPS) is 19.6. The zero-order valence-electron chi connectivity index (χ0n) is 10.0. The molecular weight excluding hydrogens is 254 g/mol. The highest BCUT2D eigenvalue weighted by molar-refractivity contribution is 6.18. The number of carbonyl (C=O) groups is 1. The topological polar surface area (TPSA) is 38.8 Å². The van der Waals surface area contributed by atoms with Gasteiger partial charge in [0.2, 0.25) is 0 Å². The summed E-state index contributed by atoms with van der Waals surface area (Å²) in [6.07, 6.45) is -0.0684. The van der Waals surface area contributed by atoms with E-state index in [0.717, 1.165) is 0 Å². The Balaban J connectivity index is 1.81. The Morgan fingerprint density at radius 3 is 2.94 bits per heavy atom. The molecule has 1 aromatic rings. The van der Waals surface area contributed by atoms with E-state index in [1.54, 1.807) is 4.90 Å². The summed E-state index contributed by atoms with van der Waals surface area (Å²) < 4.78 is 10.8. The van der Waals surface area contributed by atoms with Gasteiger partial charge in [0.15, 0.2) is 6.61 Å². The van der Waals surface area contributed by atoms with Crippen LogP contribution in [-0.2, 0) is 9.53 Å². The van der Waals surface area contributed by atoms with Crippen molar-refractivity contribution in [2.24, 2.45) is 0 Å². The highest BCUT2D eigenvalue weighted by Crippen LogP contribution is 2.10. The summed E-state index contributed by atoms with van der Waals surface area (Å²) >= 11 is 5.73. The van der Waals surface area contributed by atoms with Gasteiger partial charge in [0.1, 0.15) is 5.75 Å². The molecule has 1 aromatic carbocycles. The van der Waals surface area contributed by atoms with E-state index < -0.39 is 0 Å². The van der Waals surface area contributed by atoms with Crippen molar-refractivity contribution in [1.29, 1.82) is 0 Å². The van der Waals surface area contributed by atoms with Gasteiger partial charge in [-0.25, -0.2) is 0 Å². The first kappa shape index (κ1) is 13.2. The van der Waals surface area contributed by atoms with Gasteiger partial charge in [-0.2, -0.15) is 0 Å². The van der Waals surface area contributed by atoms with Gasteiger partial charge in [-0.3, -0.25) is 4.79 Å². The molecule has 0 aliphatic carbocycles. The fraction of sp³-hybridized carbons (Fsp3) is 0.462. The second-order valence-electron chi connectivity index (χ2n) is 4.09. The maximum atomic E-state index is 11.9. The van der Waals surface area contributed by atoms with Crippen LogP contribution in [0.15, 0.2) is 30.3 Å². The van der Waals surface area contributed by atoms with Crippen LogP contribution in [-0.4, -0.2) is 49.1 Å². The summed E-state index contributed by atoms with van der Waals surface area (Å²) in [5.74, 6) is 1.08. The van der Waals surface area contributed by atoms with Crippen LogP contribution < -0.4 is 4.74 Å². The van der Waals surface area contributed by atoms with Crippen LogP contribution in [0.1, 0.15) is 0 Å². The molecule has 98 valence electrons. The van der Waals surface area contributed by atoms with Gasteiger partial charge in [0.05, 0.1) is 18.6 Å². The Morgan fingerprint density at radius 1 is 1.44 bits per heavy atom. The number of para-hydroxylation sites is 1. The summed E-state index contributed by atoms with van der Waals surface area (Å²) in [5, 5.41) is 0. The van der Waals surface area contributed by atoms with E-state index >= 15 is 0 Å². The standard InChI is InChI=1S/C13H16ClNO3/c14-8-12-9-15(6-7-17-12)13(16)10-18-11-4-2-1-3-5-11/h1-5,12H,6-10H2. The lowest BCUT2D eigenvalue weighted by Crippen LogP contribution is -2.47. The van der Waals surface area contributed by atoms with Crippen molar-refractivity contribution in [3.8, 4) is 5.75 Å². The monoisotopic (exact) mass is 269 g/mol. The van der Waals surface area contributed by atoms with E-state index in [1.807, 2.05) is 30.3 Å². The van der Waals surface area contributed by atoms with Gasteiger partial charge in [0, 0.05) is 13.1 Å². The predicted molar refractivity (Wildman–Crippen MR) is 69.0 cm³/mol. The van der Waals surface area contributed by atoms with Crippen molar-refractivity contribution < 1.29 is 14.3 Å². The van der Waals surface area contributed by atoms with Crippen LogP contribution in [0.4, 0.5) is 0 Å². The number of morpholine rings is 1. The number of halogens is 1. The number of carbonyl (C=O) groups excluding carboxylic acids is 1. The average Bonchev–Trinajstić information content (AvgIpc) is 2.46. The van der Waals surface area contributed by atoms with Crippen LogP contribution in [0, 0.1) is 0 Å². The van der Waals surface area contributed by atoms with Gasteiger partial charge in [-0.1, -0.05) is 18.2 Å². The molecule has 0 spiro atoms. The average molecular weight is 270 g/mol. The molecule has 1 amide bonds. The first-order chi connectivity index (χ1) is 8.79. The quantitative estimate of drug-likeness (QED) is 0.778. The minimum absolute atomic E-state index is 0.0303. The molecule has 1 aliphatic rings. The molecular formula is C13H16ClNO3. The van der Waals surface area contributed by atoms with E-state index in [9.17, 15) is 4.79 Å². The lowest BCUT2D eigenvalue weighted by molar-refractivity contribution is -0.140. The van der Waals surface area contributed by atoms with E-state index in [-0.39, 0.29) is 18.6 Å². The lowest BCUT2D eigenvalue weighted by Gasteiger charge is -2.31. The SMILES string of the molecule is O=C(COc1ccccc1)N1CCOC(CCl)C1. The Morgan fingerprint density at radius 2 is 2.22 bits per heavy atom. The van der Waals surface area contributed by atoms with E-state index in [1.165, 1.54) is 0 Å². The van der Waals surface area contributed by atoms with E-state index in [2.05, 4.69) is 0 Å². The highest BCUT2D eigenvalue weighted by Gasteiger charge is 2.23. The van der Waals surface area contributed by atoms with Crippen LogP contribution in [0.2, 0.25) is 0 Å². The predicted octanol–water partition coefficient (Wildman–Crippen LogP) is 1.53. The fourth-order valence-electron chi connectivity index (χ4n) is 1.79. The molecule has 0 N–H and O–H groups in total. The number of hydrogen-bond acceptors (Lipinski definition) is 3. The number of rotatable bonds is 4. The van der Waals surface area contributed by atoms with Crippen LogP contribution in [0.3, 0.4) is 0 Å². The summed E-state index contributed by atoms with van der Waals surface area (Å²) in [4.78, 5) is 13.7. The van der Waals surface area contributed by atoms with Crippen molar-refractivity contribution in [3.05, 3.63) is 30.3 Å². The largest absolute Gasteiger partial charge is 0.484 e. The van der Waals surface area contributed by atoms with Gasteiger partial charge in [-0.05, 0) is 12.1 Å². The first-order valence-corrected chi connectivity index (χ1v) is 6.46. The molecule has 5 heteroatoms. The summed E-state index contributed by atoms with van der Waals surface area (Å²) in [6, 6.07) is 9.31. The molecule has 0 saturated carbocycles. The molecule has 18 heavy (non-hydrogen) atoms. The van der Waals surface area contributed by atoms with Gasteiger partial charge >= 0.3 is 0 Å². The van der Waals surface area contributed by atoms with Gasteiger partial charge < -0.3 is 14.4 Å². The number of hydrogen-bond donors (Lipinski definition) is 0. The first-order valence-electron chi connectivity index (χ1n) is 5.93. The molecule has 2 rings (SSSR count). The molecule has 1 saturated heterocycles. The third-order valence-electron chi connectivity index (χ3n) is 2.77. The second-order valence-corrected chi connectivity index (χ2v) is 4.40. The van der Waals surface area contributed by atoms with Crippen LogP contribution in [0.5, 0.6) is 5.75 Å².